The molecule has 0 spiro atoms. The van der Waals surface area contributed by atoms with Crippen LogP contribution >= 0.6 is 0 Å². The first-order valence-corrected chi connectivity index (χ1v) is 16.2. The van der Waals surface area contributed by atoms with Crippen molar-refractivity contribution in [1.29, 1.82) is 0 Å². The van der Waals surface area contributed by atoms with E-state index in [1.165, 1.54) is 64.2 Å². The molecule has 0 bridgehead atoms. The molecule has 0 amide bonds. The van der Waals surface area contributed by atoms with Gasteiger partial charge in [-0.1, -0.05) is 120 Å². The van der Waals surface area contributed by atoms with Crippen molar-refractivity contribution in [3.63, 3.8) is 0 Å². The second kappa shape index (κ2) is 18.3. The molecule has 0 aliphatic heterocycles. The van der Waals surface area contributed by atoms with E-state index in [1.54, 1.807) is 0 Å². The first kappa shape index (κ1) is 35.0. The summed E-state index contributed by atoms with van der Waals surface area (Å²) in [7, 11) is 0. The molecule has 2 atom stereocenters. The van der Waals surface area contributed by atoms with Crippen molar-refractivity contribution in [2.45, 2.75) is 158 Å². The zero-order valence-corrected chi connectivity index (χ0v) is 26.7. The molecule has 1 rings (SSSR count). The number of hydrogen-bond donors (Lipinski definition) is 0. The summed E-state index contributed by atoms with van der Waals surface area (Å²) >= 11 is 0. The van der Waals surface area contributed by atoms with Crippen molar-refractivity contribution >= 4 is 11.9 Å². The predicted octanol–water partition coefficient (Wildman–Crippen LogP) is 9.92. The molecular weight excluding hydrogens is 472 g/mol. The van der Waals surface area contributed by atoms with E-state index in [9.17, 15) is 9.59 Å². The second-order valence-electron chi connectivity index (χ2n) is 14.4. The summed E-state index contributed by atoms with van der Waals surface area (Å²) in [5.41, 5.74) is 0.0194. The van der Waals surface area contributed by atoms with Crippen molar-refractivity contribution in [2.75, 3.05) is 13.2 Å². The molecule has 0 N–H and O–H groups in total. The zero-order chi connectivity index (χ0) is 28.6. The largest absolute Gasteiger partial charge is 0.465 e. The fraction of sp³-hybridized carbons (Fsp3) is 0.941. The van der Waals surface area contributed by atoms with Crippen LogP contribution in [-0.2, 0) is 19.1 Å². The highest BCUT2D eigenvalue weighted by Crippen LogP contribution is 2.33. The van der Waals surface area contributed by atoms with Gasteiger partial charge in [0.25, 0.3) is 0 Å². The third kappa shape index (κ3) is 15.5. The first-order valence-electron chi connectivity index (χ1n) is 16.2. The maximum absolute atomic E-state index is 12.8. The minimum absolute atomic E-state index is 0.00971. The van der Waals surface area contributed by atoms with Crippen molar-refractivity contribution in [3.05, 3.63) is 0 Å². The van der Waals surface area contributed by atoms with E-state index in [0.717, 1.165) is 50.4 Å². The van der Waals surface area contributed by atoms with E-state index in [-0.39, 0.29) is 34.6 Å². The summed E-state index contributed by atoms with van der Waals surface area (Å²) in [5, 5.41) is 0. The van der Waals surface area contributed by atoms with Gasteiger partial charge in [0, 0.05) is 0 Å². The lowest BCUT2D eigenvalue weighted by atomic mass is 9.81. The topological polar surface area (TPSA) is 52.6 Å². The highest BCUT2D eigenvalue weighted by Gasteiger charge is 2.33. The van der Waals surface area contributed by atoms with Gasteiger partial charge in [-0.15, -0.1) is 0 Å². The fourth-order valence-corrected chi connectivity index (χ4v) is 5.53. The van der Waals surface area contributed by atoms with Crippen LogP contribution in [0.3, 0.4) is 0 Å². The molecule has 0 aromatic heterocycles. The molecule has 1 aliphatic carbocycles. The number of ether oxygens (including phenoxy) is 2. The Morgan fingerprint density at radius 2 is 0.974 bits per heavy atom. The Morgan fingerprint density at radius 3 is 1.29 bits per heavy atom. The molecule has 1 aliphatic rings. The van der Waals surface area contributed by atoms with Gasteiger partial charge in [0.15, 0.2) is 0 Å². The van der Waals surface area contributed by atoms with Crippen molar-refractivity contribution in [3.8, 4) is 0 Å². The lowest BCUT2D eigenvalue weighted by Crippen LogP contribution is -2.32. The van der Waals surface area contributed by atoms with Gasteiger partial charge in [0.1, 0.15) is 0 Å². The van der Waals surface area contributed by atoms with Crippen LogP contribution in [0.25, 0.3) is 0 Å². The van der Waals surface area contributed by atoms with Crippen LogP contribution in [0.2, 0.25) is 0 Å². The van der Waals surface area contributed by atoms with E-state index in [1.807, 2.05) is 0 Å². The fourth-order valence-electron chi connectivity index (χ4n) is 5.53. The maximum atomic E-state index is 12.8. The average Bonchev–Trinajstić information content (AvgIpc) is 2.89. The standard InChI is InChI=1S/C34H64O4/c1-9-11-13-15-27(3)21-23-33(5,6)25-37-31(35)29-17-19-30(20-18-29)32(36)38-26-34(7,8)24-22-28(4)16-14-12-10-2/h27-30H,9-26H2,1-8H3. The second-order valence-corrected chi connectivity index (χ2v) is 14.4. The molecule has 1 saturated carbocycles. The Kier molecular flexibility index (Phi) is 16.9. The Balaban J connectivity index is 2.30. The van der Waals surface area contributed by atoms with Crippen LogP contribution in [0.5, 0.6) is 0 Å². The lowest BCUT2D eigenvalue weighted by molar-refractivity contribution is -0.158. The summed E-state index contributed by atoms with van der Waals surface area (Å²) in [6, 6.07) is 0. The predicted molar refractivity (Wildman–Crippen MR) is 160 cm³/mol. The van der Waals surface area contributed by atoms with Gasteiger partial charge < -0.3 is 9.47 Å². The molecule has 4 heteroatoms. The summed E-state index contributed by atoms with van der Waals surface area (Å²) in [5.74, 6) is 1.17. The van der Waals surface area contributed by atoms with E-state index in [4.69, 9.17) is 9.47 Å². The number of unbranched alkanes of at least 4 members (excludes halogenated alkanes) is 4. The number of rotatable bonds is 20. The summed E-state index contributed by atoms with van der Waals surface area (Å²) in [6.07, 6.45) is 17.9. The smallest absolute Gasteiger partial charge is 0.308 e. The van der Waals surface area contributed by atoms with Crippen LogP contribution in [-0.4, -0.2) is 25.2 Å². The Labute approximate surface area is 236 Å². The van der Waals surface area contributed by atoms with Gasteiger partial charge in [0.05, 0.1) is 25.0 Å². The van der Waals surface area contributed by atoms with Gasteiger partial charge in [-0.3, -0.25) is 9.59 Å². The number of carbonyl (C=O) groups excluding carboxylic acids is 2. The van der Waals surface area contributed by atoms with Crippen LogP contribution in [0.15, 0.2) is 0 Å². The molecule has 0 heterocycles. The third-order valence-electron chi connectivity index (χ3n) is 8.83. The highest BCUT2D eigenvalue weighted by atomic mass is 16.5. The van der Waals surface area contributed by atoms with Crippen LogP contribution < -0.4 is 0 Å². The van der Waals surface area contributed by atoms with Gasteiger partial charge in [-0.05, 0) is 61.2 Å². The molecule has 0 saturated heterocycles. The first-order chi connectivity index (χ1) is 17.9. The molecular formula is C34H64O4. The van der Waals surface area contributed by atoms with Crippen molar-refractivity contribution in [1.82, 2.24) is 0 Å². The molecule has 2 unspecified atom stereocenters. The van der Waals surface area contributed by atoms with E-state index in [0.29, 0.717) is 13.2 Å². The van der Waals surface area contributed by atoms with Crippen molar-refractivity contribution < 1.29 is 19.1 Å². The van der Waals surface area contributed by atoms with E-state index in [2.05, 4.69) is 55.4 Å². The number of esters is 2. The van der Waals surface area contributed by atoms with E-state index >= 15 is 0 Å². The molecule has 38 heavy (non-hydrogen) atoms. The molecule has 4 nitrogen and oxygen atoms in total. The average molecular weight is 537 g/mol. The zero-order valence-electron chi connectivity index (χ0n) is 26.7. The van der Waals surface area contributed by atoms with Gasteiger partial charge in [-0.25, -0.2) is 0 Å². The normalized spacial score (nSPS) is 20.1. The quantitative estimate of drug-likeness (QED) is 0.115. The monoisotopic (exact) mass is 536 g/mol. The Bertz CT molecular complexity index is 589. The van der Waals surface area contributed by atoms with Crippen LogP contribution in [0.1, 0.15) is 158 Å². The number of hydrogen-bond acceptors (Lipinski definition) is 4. The Hall–Kier alpha value is -1.06. The molecule has 0 aromatic carbocycles. The summed E-state index contributed by atoms with van der Waals surface area (Å²) in [6.45, 7) is 19.0. The summed E-state index contributed by atoms with van der Waals surface area (Å²) in [4.78, 5) is 25.5. The van der Waals surface area contributed by atoms with Crippen molar-refractivity contribution in [2.24, 2.45) is 34.5 Å². The minimum Gasteiger partial charge on any atom is -0.465 e. The maximum Gasteiger partial charge on any atom is 0.308 e. The van der Waals surface area contributed by atoms with Gasteiger partial charge >= 0.3 is 11.9 Å². The summed E-state index contributed by atoms with van der Waals surface area (Å²) < 4.78 is 11.6. The highest BCUT2D eigenvalue weighted by molar-refractivity contribution is 5.75. The third-order valence-corrected chi connectivity index (χ3v) is 8.83. The van der Waals surface area contributed by atoms with Gasteiger partial charge in [0.2, 0.25) is 0 Å². The molecule has 0 radical (unpaired) electrons. The van der Waals surface area contributed by atoms with Gasteiger partial charge in [-0.2, -0.15) is 0 Å². The molecule has 0 aromatic rings. The molecule has 1 fully saturated rings. The Morgan fingerprint density at radius 1 is 0.632 bits per heavy atom. The molecule has 224 valence electrons. The minimum atomic E-state index is -0.0755. The van der Waals surface area contributed by atoms with Crippen LogP contribution in [0, 0.1) is 34.5 Å². The van der Waals surface area contributed by atoms with Crippen LogP contribution in [0.4, 0.5) is 0 Å². The lowest BCUT2D eigenvalue weighted by Gasteiger charge is -2.30. The van der Waals surface area contributed by atoms with E-state index < -0.39 is 0 Å². The number of carbonyl (C=O) groups is 2. The SMILES string of the molecule is CCCCCC(C)CCC(C)(C)COC(=O)C1CCC(C(=O)OCC(C)(C)CCC(C)CCCCC)CC1.